The molecule has 3 aromatic rings. The van der Waals surface area contributed by atoms with E-state index in [9.17, 15) is 4.79 Å². The topological polar surface area (TPSA) is 60.5 Å². The third-order valence-electron chi connectivity index (χ3n) is 4.25. The number of aryl methyl sites for hydroxylation is 2. The van der Waals surface area contributed by atoms with E-state index in [0.717, 1.165) is 35.7 Å². The molecule has 0 saturated carbocycles. The molecule has 0 bridgehead atoms. The van der Waals surface area contributed by atoms with Gasteiger partial charge in [0, 0.05) is 17.6 Å². The molecule has 29 heavy (non-hydrogen) atoms. The lowest BCUT2D eigenvalue weighted by Crippen LogP contribution is -2.25. The average molecular weight is 411 g/mol. The molecule has 1 N–H and O–H groups in total. The number of carbonyl (C=O) groups excluding carboxylic acids is 1. The van der Waals surface area contributed by atoms with Crippen molar-refractivity contribution < 1.29 is 14.3 Å². The van der Waals surface area contributed by atoms with Crippen LogP contribution in [0.3, 0.4) is 0 Å². The molecule has 1 heterocycles. The summed E-state index contributed by atoms with van der Waals surface area (Å²) in [7, 11) is 0. The zero-order chi connectivity index (χ0) is 20.3. The molecule has 0 unspecified atom stereocenters. The largest absolute Gasteiger partial charge is 0.490 e. The summed E-state index contributed by atoms with van der Waals surface area (Å²) >= 11 is 1.70. The molecule has 0 aliphatic carbocycles. The van der Waals surface area contributed by atoms with Gasteiger partial charge >= 0.3 is 0 Å². The van der Waals surface area contributed by atoms with Crippen LogP contribution in [0.1, 0.15) is 33.9 Å². The number of benzene rings is 2. The maximum atomic E-state index is 12.5. The number of nitrogens with one attached hydrogen (secondary N) is 1. The number of carbonyl (C=O) groups is 1. The van der Waals surface area contributed by atoms with Crippen LogP contribution in [0.4, 0.5) is 0 Å². The standard InChI is InChI=1S/C23H26N2O3S/c1-18-17-29-22(25-18)13-7-8-14-24-23(26)20-11-5-6-12-21(20)28-16-15-27-19-9-3-2-4-10-19/h2-6,9-12,17H,7-8,13-16H2,1H3,(H,24,26). The Bertz CT molecular complexity index is 896. The van der Waals surface area contributed by atoms with Crippen LogP contribution in [-0.2, 0) is 6.42 Å². The molecule has 0 fully saturated rings. The zero-order valence-corrected chi connectivity index (χ0v) is 17.4. The molecule has 3 rings (SSSR count). The summed E-state index contributed by atoms with van der Waals surface area (Å²) in [6.45, 7) is 3.42. The van der Waals surface area contributed by atoms with E-state index < -0.39 is 0 Å². The molecule has 6 heteroatoms. The fraction of sp³-hybridized carbons (Fsp3) is 0.304. The molecule has 0 aliphatic heterocycles. The quantitative estimate of drug-likeness (QED) is 0.467. The van der Waals surface area contributed by atoms with Gasteiger partial charge in [-0.3, -0.25) is 4.79 Å². The van der Waals surface area contributed by atoms with Crippen molar-refractivity contribution in [1.29, 1.82) is 0 Å². The van der Waals surface area contributed by atoms with Gasteiger partial charge in [0.05, 0.1) is 10.6 Å². The molecular weight excluding hydrogens is 384 g/mol. The van der Waals surface area contributed by atoms with E-state index in [-0.39, 0.29) is 5.91 Å². The van der Waals surface area contributed by atoms with Gasteiger partial charge in [0.15, 0.2) is 0 Å². The van der Waals surface area contributed by atoms with E-state index in [4.69, 9.17) is 9.47 Å². The first kappa shape index (κ1) is 20.9. The fourth-order valence-electron chi connectivity index (χ4n) is 2.82. The normalized spacial score (nSPS) is 10.5. The van der Waals surface area contributed by atoms with Crippen molar-refractivity contribution in [2.45, 2.75) is 26.2 Å². The molecule has 1 amide bonds. The van der Waals surface area contributed by atoms with E-state index in [1.54, 1.807) is 17.4 Å². The summed E-state index contributed by atoms with van der Waals surface area (Å²) in [4.78, 5) is 17.0. The van der Waals surface area contributed by atoms with Gasteiger partial charge < -0.3 is 14.8 Å². The van der Waals surface area contributed by atoms with Crippen LogP contribution in [-0.4, -0.2) is 30.6 Å². The summed E-state index contributed by atoms with van der Waals surface area (Å²) in [6, 6.07) is 16.9. The van der Waals surface area contributed by atoms with Crippen LogP contribution in [0, 0.1) is 6.92 Å². The summed E-state index contributed by atoms with van der Waals surface area (Å²) in [5.74, 6) is 1.25. The van der Waals surface area contributed by atoms with Gasteiger partial charge in [-0.2, -0.15) is 0 Å². The van der Waals surface area contributed by atoms with Crippen LogP contribution in [0.2, 0.25) is 0 Å². The number of ether oxygens (including phenoxy) is 2. The minimum Gasteiger partial charge on any atom is -0.490 e. The summed E-state index contributed by atoms with van der Waals surface area (Å²) in [5.41, 5.74) is 1.62. The number of amides is 1. The molecule has 2 aromatic carbocycles. The SMILES string of the molecule is Cc1csc(CCCCNC(=O)c2ccccc2OCCOc2ccccc2)n1. The van der Waals surface area contributed by atoms with Crippen LogP contribution in [0.5, 0.6) is 11.5 Å². The minimum absolute atomic E-state index is 0.116. The Morgan fingerprint density at radius 1 is 1.00 bits per heavy atom. The highest BCUT2D eigenvalue weighted by Crippen LogP contribution is 2.18. The first-order valence-electron chi connectivity index (χ1n) is 9.81. The Kier molecular flexibility index (Phi) is 8.07. The van der Waals surface area contributed by atoms with Crippen molar-refractivity contribution in [1.82, 2.24) is 10.3 Å². The smallest absolute Gasteiger partial charge is 0.255 e. The predicted octanol–water partition coefficient (Wildman–Crippen LogP) is 4.66. The highest BCUT2D eigenvalue weighted by Gasteiger charge is 2.11. The molecule has 5 nitrogen and oxygen atoms in total. The molecule has 0 saturated heterocycles. The van der Waals surface area contributed by atoms with Gasteiger partial charge in [-0.1, -0.05) is 30.3 Å². The van der Waals surface area contributed by atoms with E-state index >= 15 is 0 Å². The highest BCUT2D eigenvalue weighted by atomic mass is 32.1. The Labute approximate surface area is 175 Å². The van der Waals surface area contributed by atoms with E-state index in [1.165, 1.54) is 0 Å². The van der Waals surface area contributed by atoms with Crippen molar-refractivity contribution in [3.63, 3.8) is 0 Å². The second-order valence-electron chi connectivity index (χ2n) is 6.60. The second kappa shape index (κ2) is 11.2. The van der Waals surface area contributed by atoms with Crippen molar-refractivity contribution in [2.75, 3.05) is 19.8 Å². The Hall–Kier alpha value is -2.86. The van der Waals surface area contributed by atoms with E-state index in [0.29, 0.717) is 31.1 Å². The third-order valence-corrected chi connectivity index (χ3v) is 5.28. The second-order valence-corrected chi connectivity index (χ2v) is 7.54. The zero-order valence-electron chi connectivity index (χ0n) is 16.6. The number of unbranched alkanes of at least 4 members (excludes halogenated alkanes) is 1. The molecule has 0 radical (unpaired) electrons. The average Bonchev–Trinajstić information content (AvgIpc) is 3.17. The van der Waals surface area contributed by atoms with E-state index in [1.807, 2.05) is 55.5 Å². The van der Waals surface area contributed by atoms with Gasteiger partial charge in [0.2, 0.25) is 0 Å². The van der Waals surface area contributed by atoms with Gasteiger partial charge in [0.25, 0.3) is 5.91 Å². The van der Waals surface area contributed by atoms with Crippen molar-refractivity contribution >= 4 is 17.2 Å². The van der Waals surface area contributed by atoms with Gasteiger partial charge in [-0.15, -0.1) is 11.3 Å². The number of para-hydroxylation sites is 2. The van der Waals surface area contributed by atoms with Crippen LogP contribution >= 0.6 is 11.3 Å². The third kappa shape index (κ3) is 6.91. The maximum absolute atomic E-state index is 12.5. The molecular formula is C23H26N2O3S. The molecule has 0 aliphatic rings. The van der Waals surface area contributed by atoms with Crippen LogP contribution in [0.25, 0.3) is 0 Å². The van der Waals surface area contributed by atoms with Crippen molar-refractivity contribution in [3.8, 4) is 11.5 Å². The fourth-order valence-corrected chi connectivity index (χ4v) is 3.64. The molecule has 1 aromatic heterocycles. The Morgan fingerprint density at radius 2 is 1.76 bits per heavy atom. The number of aromatic nitrogens is 1. The number of hydrogen-bond donors (Lipinski definition) is 1. The van der Waals surface area contributed by atoms with Gasteiger partial charge in [-0.25, -0.2) is 4.98 Å². The highest BCUT2D eigenvalue weighted by molar-refractivity contribution is 7.09. The van der Waals surface area contributed by atoms with Gasteiger partial charge in [0.1, 0.15) is 24.7 Å². The number of thiazole rings is 1. The Morgan fingerprint density at radius 3 is 2.55 bits per heavy atom. The first-order chi connectivity index (χ1) is 14.2. The number of rotatable bonds is 11. The monoisotopic (exact) mass is 410 g/mol. The molecule has 0 spiro atoms. The Balaban J connectivity index is 1.39. The number of nitrogens with zero attached hydrogens (tertiary/aromatic N) is 1. The lowest BCUT2D eigenvalue weighted by atomic mass is 10.2. The van der Waals surface area contributed by atoms with Crippen molar-refractivity contribution in [3.05, 3.63) is 76.2 Å². The summed E-state index contributed by atoms with van der Waals surface area (Å²) in [5, 5.41) is 6.21. The van der Waals surface area contributed by atoms with Crippen LogP contribution in [0.15, 0.2) is 60.0 Å². The minimum atomic E-state index is -0.116. The lowest BCUT2D eigenvalue weighted by molar-refractivity contribution is 0.0947. The predicted molar refractivity (Wildman–Crippen MR) is 116 cm³/mol. The lowest BCUT2D eigenvalue weighted by Gasteiger charge is -2.12. The number of hydrogen-bond acceptors (Lipinski definition) is 5. The first-order valence-corrected chi connectivity index (χ1v) is 10.7. The summed E-state index contributed by atoms with van der Waals surface area (Å²) in [6.07, 6.45) is 2.87. The van der Waals surface area contributed by atoms with Crippen molar-refractivity contribution in [2.24, 2.45) is 0 Å². The van der Waals surface area contributed by atoms with Gasteiger partial charge in [-0.05, 0) is 50.5 Å². The molecule has 0 atom stereocenters. The maximum Gasteiger partial charge on any atom is 0.255 e. The summed E-state index contributed by atoms with van der Waals surface area (Å²) < 4.78 is 11.4. The van der Waals surface area contributed by atoms with Crippen LogP contribution < -0.4 is 14.8 Å². The molecule has 152 valence electrons. The van der Waals surface area contributed by atoms with E-state index in [2.05, 4.69) is 15.7 Å².